The summed E-state index contributed by atoms with van der Waals surface area (Å²) >= 11 is 21.6. The molecule has 4 rings (SSSR count). The third-order valence-corrected chi connectivity index (χ3v) is 6.08. The van der Waals surface area contributed by atoms with E-state index in [9.17, 15) is 4.79 Å². The maximum atomic E-state index is 12.9. The van der Waals surface area contributed by atoms with Crippen molar-refractivity contribution >= 4 is 62.5 Å². The van der Waals surface area contributed by atoms with Crippen LogP contribution in [-0.4, -0.2) is 20.8 Å². The van der Waals surface area contributed by atoms with Crippen molar-refractivity contribution in [1.82, 2.24) is 14.9 Å². The molecule has 7 nitrogen and oxygen atoms in total. The Labute approximate surface area is 212 Å². The molecule has 0 saturated heterocycles. The number of aryl methyl sites for hydroxylation is 1. The molecule has 1 N–H and O–H groups in total. The van der Waals surface area contributed by atoms with Gasteiger partial charge < -0.3 is 14.6 Å². The Morgan fingerprint density at radius 1 is 1.18 bits per heavy atom. The van der Waals surface area contributed by atoms with E-state index < -0.39 is 5.91 Å². The van der Waals surface area contributed by atoms with Gasteiger partial charge in [-0.15, -0.1) is 0 Å². The standard InChI is InChI=1S/C22H16BrCl3N4O3/c1-12-17(11-32-16-4-2-3-14(24)7-16)20(29-33-12)22(31)27-21-18(23)10-30(28-21)9-13-5-6-15(25)8-19(13)26/h2-8,10H,9,11H2,1H3,(H,27,28,31). The number of rotatable bonds is 7. The Kier molecular flexibility index (Phi) is 7.29. The molecule has 170 valence electrons. The highest BCUT2D eigenvalue weighted by Crippen LogP contribution is 2.26. The molecule has 1 amide bonds. The molecule has 0 spiro atoms. The van der Waals surface area contributed by atoms with Gasteiger partial charge in [0, 0.05) is 21.3 Å². The first kappa shape index (κ1) is 23.6. The van der Waals surface area contributed by atoms with Crippen LogP contribution in [0.25, 0.3) is 0 Å². The Balaban J connectivity index is 1.47. The van der Waals surface area contributed by atoms with E-state index in [4.69, 9.17) is 44.1 Å². The fraction of sp³-hybridized carbons (Fsp3) is 0.136. The molecule has 0 aliphatic rings. The lowest BCUT2D eigenvalue weighted by atomic mass is 10.2. The highest BCUT2D eigenvalue weighted by atomic mass is 79.9. The van der Waals surface area contributed by atoms with E-state index in [1.807, 2.05) is 6.07 Å². The first-order valence-corrected chi connectivity index (χ1v) is 11.5. The summed E-state index contributed by atoms with van der Waals surface area (Å²) in [5.74, 6) is 0.889. The van der Waals surface area contributed by atoms with Crippen LogP contribution in [0, 0.1) is 6.92 Å². The maximum absolute atomic E-state index is 12.9. The molecule has 2 heterocycles. The molecule has 2 aromatic heterocycles. The van der Waals surface area contributed by atoms with Crippen LogP contribution in [0.15, 0.2) is 57.7 Å². The summed E-state index contributed by atoms with van der Waals surface area (Å²) in [6, 6.07) is 12.2. The van der Waals surface area contributed by atoms with Gasteiger partial charge in [-0.05, 0) is 58.7 Å². The Morgan fingerprint density at radius 2 is 1.97 bits per heavy atom. The second-order valence-electron chi connectivity index (χ2n) is 7.03. The lowest BCUT2D eigenvalue weighted by Crippen LogP contribution is -2.16. The minimum absolute atomic E-state index is 0.0864. The highest BCUT2D eigenvalue weighted by molar-refractivity contribution is 9.10. The zero-order chi connectivity index (χ0) is 23.5. The summed E-state index contributed by atoms with van der Waals surface area (Å²) in [5, 5.41) is 12.7. The van der Waals surface area contributed by atoms with Gasteiger partial charge in [-0.1, -0.05) is 52.1 Å². The second-order valence-corrected chi connectivity index (χ2v) is 9.16. The number of nitrogens with one attached hydrogen (secondary N) is 1. The third-order valence-electron chi connectivity index (χ3n) is 4.68. The van der Waals surface area contributed by atoms with Crippen LogP contribution in [0.4, 0.5) is 5.82 Å². The number of amides is 1. The van der Waals surface area contributed by atoms with Crippen molar-refractivity contribution in [2.75, 3.05) is 5.32 Å². The van der Waals surface area contributed by atoms with E-state index in [0.717, 1.165) is 5.56 Å². The molecule has 2 aromatic carbocycles. The van der Waals surface area contributed by atoms with Gasteiger partial charge in [0.2, 0.25) is 0 Å². The number of nitrogens with zero attached hydrogens (tertiary/aromatic N) is 3. The lowest BCUT2D eigenvalue weighted by molar-refractivity contribution is 0.101. The quantitative estimate of drug-likeness (QED) is 0.265. The summed E-state index contributed by atoms with van der Waals surface area (Å²) in [5.41, 5.74) is 1.47. The third kappa shape index (κ3) is 5.70. The zero-order valence-corrected chi connectivity index (χ0v) is 21.0. The van der Waals surface area contributed by atoms with Gasteiger partial charge >= 0.3 is 0 Å². The summed E-state index contributed by atoms with van der Waals surface area (Å²) in [6.07, 6.45) is 1.73. The Hall–Kier alpha value is -2.52. The van der Waals surface area contributed by atoms with Gasteiger partial charge in [-0.2, -0.15) is 5.10 Å². The molecular weight excluding hydrogens is 555 g/mol. The number of anilines is 1. The fourth-order valence-electron chi connectivity index (χ4n) is 3.01. The van der Waals surface area contributed by atoms with E-state index >= 15 is 0 Å². The van der Waals surface area contributed by atoms with Crippen LogP contribution >= 0.6 is 50.7 Å². The minimum Gasteiger partial charge on any atom is -0.489 e. The van der Waals surface area contributed by atoms with E-state index in [1.54, 1.807) is 54.2 Å². The van der Waals surface area contributed by atoms with Crippen LogP contribution < -0.4 is 10.1 Å². The predicted octanol–water partition coefficient (Wildman–Crippen LogP) is 6.78. The summed E-state index contributed by atoms with van der Waals surface area (Å²) in [6.45, 7) is 2.19. The number of carbonyl (C=O) groups is 1. The van der Waals surface area contributed by atoms with Gasteiger partial charge in [0.05, 0.1) is 16.6 Å². The molecule has 0 fully saturated rings. The summed E-state index contributed by atoms with van der Waals surface area (Å²) in [7, 11) is 0. The molecule has 33 heavy (non-hydrogen) atoms. The molecule has 0 aliphatic carbocycles. The second kappa shape index (κ2) is 10.2. The molecule has 0 saturated carbocycles. The monoisotopic (exact) mass is 568 g/mol. The molecule has 0 radical (unpaired) electrons. The topological polar surface area (TPSA) is 82.2 Å². The SMILES string of the molecule is Cc1onc(C(=O)Nc2nn(Cc3ccc(Cl)cc3Cl)cc2Br)c1COc1cccc(Cl)c1. The predicted molar refractivity (Wildman–Crippen MR) is 130 cm³/mol. The van der Waals surface area contributed by atoms with E-state index in [2.05, 4.69) is 31.5 Å². The average Bonchev–Trinajstić information content (AvgIpc) is 3.30. The first-order valence-electron chi connectivity index (χ1n) is 9.62. The van der Waals surface area contributed by atoms with Gasteiger partial charge in [0.15, 0.2) is 11.5 Å². The average molecular weight is 571 g/mol. The first-order chi connectivity index (χ1) is 15.8. The van der Waals surface area contributed by atoms with E-state index in [1.165, 1.54) is 0 Å². The van der Waals surface area contributed by atoms with Crippen molar-refractivity contribution < 1.29 is 14.1 Å². The molecule has 4 aromatic rings. The largest absolute Gasteiger partial charge is 0.489 e. The van der Waals surface area contributed by atoms with E-state index in [0.29, 0.717) is 49.0 Å². The van der Waals surface area contributed by atoms with Crippen LogP contribution in [-0.2, 0) is 13.2 Å². The van der Waals surface area contributed by atoms with Crippen molar-refractivity contribution in [1.29, 1.82) is 0 Å². The molecule has 0 unspecified atom stereocenters. The number of aromatic nitrogens is 3. The Morgan fingerprint density at radius 3 is 2.73 bits per heavy atom. The minimum atomic E-state index is -0.480. The Bertz CT molecular complexity index is 1320. The number of benzene rings is 2. The van der Waals surface area contributed by atoms with Crippen molar-refractivity contribution in [3.63, 3.8) is 0 Å². The van der Waals surface area contributed by atoms with E-state index in [-0.39, 0.29) is 12.3 Å². The number of halogens is 4. The van der Waals surface area contributed by atoms with Crippen LogP contribution in [0.1, 0.15) is 27.4 Å². The van der Waals surface area contributed by atoms with Gasteiger partial charge in [-0.3, -0.25) is 9.48 Å². The lowest BCUT2D eigenvalue weighted by Gasteiger charge is -2.07. The highest BCUT2D eigenvalue weighted by Gasteiger charge is 2.22. The zero-order valence-electron chi connectivity index (χ0n) is 17.1. The molecular formula is C22H16BrCl3N4O3. The van der Waals surface area contributed by atoms with Crippen molar-refractivity contribution in [2.45, 2.75) is 20.1 Å². The van der Waals surface area contributed by atoms with Gasteiger partial charge in [0.1, 0.15) is 18.1 Å². The molecule has 0 bridgehead atoms. The van der Waals surface area contributed by atoms with Crippen LogP contribution in [0.5, 0.6) is 5.75 Å². The number of ether oxygens (including phenoxy) is 1. The van der Waals surface area contributed by atoms with Crippen LogP contribution in [0.2, 0.25) is 15.1 Å². The van der Waals surface area contributed by atoms with Gasteiger partial charge in [0.25, 0.3) is 5.91 Å². The fourth-order valence-corrected chi connectivity index (χ4v) is 4.07. The van der Waals surface area contributed by atoms with Crippen molar-refractivity contribution in [2.24, 2.45) is 0 Å². The number of hydrogen-bond donors (Lipinski definition) is 1. The molecule has 0 atom stereocenters. The summed E-state index contributed by atoms with van der Waals surface area (Å²) in [4.78, 5) is 12.9. The molecule has 11 heteroatoms. The number of hydrogen-bond acceptors (Lipinski definition) is 5. The summed E-state index contributed by atoms with van der Waals surface area (Å²) < 4.78 is 13.2. The van der Waals surface area contributed by atoms with Gasteiger partial charge in [-0.25, -0.2) is 0 Å². The maximum Gasteiger partial charge on any atom is 0.279 e. The van der Waals surface area contributed by atoms with Crippen molar-refractivity contribution in [3.8, 4) is 5.75 Å². The smallest absolute Gasteiger partial charge is 0.279 e. The normalized spacial score (nSPS) is 10.9. The van der Waals surface area contributed by atoms with Crippen molar-refractivity contribution in [3.05, 3.63) is 90.8 Å². The number of carbonyl (C=O) groups excluding carboxylic acids is 1. The molecule has 0 aliphatic heterocycles. The van der Waals surface area contributed by atoms with Crippen LogP contribution in [0.3, 0.4) is 0 Å².